The van der Waals surface area contributed by atoms with E-state index in [1.165, 1.54) is 25.3 Å². The summed E-state index contributed by atoms with van der Waals surface area (Å²) in [7, 11) is 0. The van der Waals surface area contributed by atoms with E-state index >= 15 is 0 Å². The molecule has 0 saturated heterocycles. The Balaban J connectivity index is 0.000000216. The number of carbonyl (C=O) groups excluding carboxylic acids is 1. The lowest BCUT2D eigenvalue weighted by Gasteiger charge is -2.31. The molecule has 1 amide bonds. The van der Waals surface area contributed by atoms with Crippen molar-refractivity contribution in [1.82, 2.24) is 20.1 Å². The van der Waals surface area contributed by atoms with Crippen LogP contribution in [-0.4, -0.2) is 44.2 Å². The Hall–Kier alpha value is -3.15. The van der Waals surface area contributed by atoms with Gasteiger partial charge >= 0.3 is 0 Å². The number of carbonyl (C=O) groups is 1. The van der Waals surface area contributed by atoms with Gasteiger partial charge in [-0.15, -0.1) is 10.2 Å². The van der Waals surface area contributed by atoms with Crippen molar-refractivity contribution in [1.29, 1.82) is 0 Å². The summed E-state index contributed by atoms with van der Waals surface area (Å²) in [4.78, 5) is 16.1. The molecule has 2 aromatic heterocycles. The summed E-state index contributed by atoms with van der Waals surface area (Å²) in [6.45, 7) is 11.2. The molecule has 2 heterocycles. The minimum atomic E-state index is 0.0735. The molecule has 2 aliphatic carbocycles. The highest BCUT2D eigenvalue weighted by Crippen LogP contribution is 2.27. The highest BCUT2D eigenvalue weighted by molar-refractivity contribution is 5.87. The first-order chi connectivity index (χ1) is 15.1. The molecule has 166 valence electrons. The molecule has 0 atom stereocenters. The normalized spacial score (nSPS) is 15.2. The van der Waals surface area contributed by atoms with Crippen LogP contribution in [0.5, 0.6) is 0 Å². The van der Waals surface area contributed by atoms with Gasteiger partial charge in [-0.3, -0.25) is 4.79 Å². The van der Waals surface area contributed by atoms with Crippen LogP contribution in [0.4, 0.5) is 0 Å². The van der Waals surface area contributed by atoms with Crippen LogP contribution in [0.15, 0.2) is 61.0 Å². The quantitative estimate of drug-likeness (QED) is 0.615. The lowest BCUT2D eigenvalue weighted by molar-refractivity contribution is -0.126. The monoisotopic (exact) mass is 422 g/mol. The van der Waals surface area contributed by atoms with E-state index in [1.54, 1.807) is 6.08 Å². The number of aromatic amines is 1. The Morgan fingerprint density at radius 2 is 2.03 bits per heavy atom. The van der Waals surface area contributed by atoms with E-state index in [4.69, 9.17) is 0 Å². The fraction of sp³-hybridized carbons (Fsp3) is 0.400. The molecule has 6 heteroatoms. The topological polar surface area (TPSA) is 82.1 Å². The second kappa shape index (κ2) is 12.5. The third kappa shape index (κ3) is 6.67. The first-order valence-electron chi connectivity index (χ1n) is 11.1. The minimum absolute atomic E-state index is 0.0735. The van der Waals surface area contributed by atoms with E-state index in [0.29, 0.717) is 11.3 Å². The SMILES string of the molecule is C=CC(=O)N(CC)CC1CCC1.CC.OC1=C(c2cc3cc[nH]c3nn2)C=CCC=C1. The van der Waals surface area contributed by atoms with E-state index in [9.17, 15) is 9.90 Å². The molecule has 31 heavy (non-hydrogen) atoms. The number of hydrogen-bond acceptors (Lipinski definition) is 4. The number of likely N-dealkylation sites (N-methyl/N-ethyl adjacent to an activating group) is 1. The predicted molar refractivity (Wildman–Crippen MR) is 127 cm³/mol. The van der Waals surface area contributed by atoms with Crippen molar-refractivity contribution in [3.63, 3.8) is 0 Å². The lowest BCUT2D eigenvalue weighted by Crippen LogP contribution is -2.36. The molecule has 0 aliphatic heterocycles. The van der Waals surface area contributed by atoms with Gasteiger partial charge in [0.15, 0.2) is 5.65 Å². The van der Waals surface area contributed by atoms with Gasteiger partial charge in [-0.2, -0.15) is 0 Å². The molecule has 2 aromatic rings. The van der Waals surface area contributed by atoms with Crippen molar-refractivity contribution in [3.8, 4) is 0 Å². The van der Waals surface area contributed by atoms with E-state index in [1.807, 2.05) is 62.2 Å². The van der Waals surface area contributed by atoms with Crippen LogP contribution in [0, 0.1) is 5.92 Å². The number of H-pyrrole nitrogens is 1. The first-order valence-corrected chi connectivity index (χ1v) is 11.1. The zero-order valence-corrected chi connectivity index (χ0v) is 18.8. The molecule has 0 spiro atoms. The fourth-order valence-electron chi connectivity index (χ4n) is 3.31. The van der Waals surface area contributed by atoms with E-state index in [-0.39, 0.29) is 11.7 Å². The zero-order chi connectivity index (χ0) is 22.6. The first kappa shape index (κ1) is 24.1. The zero-order valence-electron chi connectivity index (χ0n) is 18.8. The van der Waals surface area contributed by atoms with E-state index < -0.39 is 0 Å². The second-order valence-electron chi connectivity index (χ2n) is 7.23. The number of aromatic nitrogens is 3. The van der Waals surface area contributed by atoms with Crippen molar-refractivity contribution < 1.29 is 9.90 Å². The van der Waals surface area contributed by atoms with E-state index in [2.05, 4.69) is 21.8 Å². The summed E-state index contributed by atoms with van der Waals surface area (Å²) in [5.74, 6) is 1.06. The molecule has 4 rings (SSSR count). The number of amides is 1. The Labute approximate surface area is 185 Å². The maximum atomic E-state index is 11.2. The number of allylic oxidation sites excluding steroid dienone is 5. The fourth-order valence-corrected chi connectivity index (χ4v) is 3.31. The molecule has 1 saturated carbocycles. The van der Waals surface area contributed by atoms with Crippen molar-refractivity contribution in [2.45, 2.75) is 46.5 Å². The van der Waals surface area contributed by atoms with Gasteiger partial charge in [0.1, 0.15) is 5.76 Å². The summed E-state index contributed by atoms with van der Waals surface area (Å²) in [5.41, 5.74) is 2.13. The van der Waals surface area contributed by atoms with Gasteiger partial charge in [-0.05, 0) is 56.4 Å². The molecule has 1 fully saturated rings. The molecule has 0 bridgehead atoms. The maximum absolute atomic E-state index is 11.2. The summed E-state index contributed by atoms with van der Waals surface area (Å²) in [6.07, 6.45) is 15.4. The number of aliphatic hydroxyl groups is 1. The number of hydrogen-bond donors (Lipinski definition) is 2. The highest BCUT2D eigenvalue weighted by Gasteiger charge is 2.21. The van der Waals surface area contributed by atoms with E-state index in [0.717, 1.165) is 36.5 Å². The maximum Gasteiger partial charge on any atom is 0.245 e. The van der Waals surface area contributed by atoms with Gasteiger partial charge in [-0.1, -0.05) is 45.1 Å². The molecule has 2 aliphatic rings. The molecule has 0 unspecified atom stereocenters. The third-order valence-corrected chi connectivity index (χ3v) is 5.26. The Morgan fingerprint density at radius 3 is 2.68 bits per heavy atom. The molecular weight excluding hydrogens is 388 g/mol. The summed E-state index contributed by atoms with van der Waals surface area (Å²) in [6, 6.07) is 3.84. The van der Waals surface area contributed by atoms with Crippen LogP contribution in [-0.2, 0) is 4.79 Å². The van der Waals surface area contributed by atoms with Gasteiger partial charge in [0.05, 0.1) is 5.69 Å². The van der Waals surface area contributed by atoms with Crippen molar-refractivity contribution in [2.24, 2.45) is 5.92 Å². The standard InChI is InChI=1S/C13H11N3O.C10H17NO.C2H6/c17-12-5-3-1-2-4-10(12)11-8-9-6-7-14-13(9)16-15-11;1-3-10(12)11(4-2)8-9-6-5-7-9;1-2/h2-8,17H,1H2,(H,14,16);3,9H,1,4-8H2,2H3;1-2H3. The Kier molecular flexibility index (Phi) is 9.75. The van der Waals surface area contributed by atoms with Crippen LogP contribution >= 0.6 is 0 Å². The van der Waals surface area contributed by atoms with Crippen molar-refractivity contribution in [3.05, 3.63) is 66.7 Å². The van der Waals surface area contributed by atoms with Gasteiger partial charge in [-0.25, -0.2) is 0 Å². The van der Waals surface area contributed by atoms with Crippen LogP contribution in [0.25, 0.3) is 16.6 Å². The van der Waals surface area contributed by atoms with Crippen LogP contribution in [0.3, 0.4) is 0 Å². The third-order valence-electron chi connectivity index (χ3n) is 5.26. The Morgan fingerprint density at radius 1 is 1.29 bits per heavy atom. The average Bonchev–Trinajstić information content (AvgIpc) is 3.14. The highest BCUT2D eigenvalue weighted by atomic mass is 16.3. The van der Waals surface area contributed by atoms with Gasteiger partial charge < -0.3 is 15.0 Å². The molecule has 6 nitrogen and oxygen atoms in total. The van der Waals surface area contributed by atoms with Crippen LogP contribution in [0.1, 0.15) is 52.1 Å². The smallest absolute Gasteiger partial charge is 0.245 e. The predicted octanol–water partition coefficient (Wildman–Crippen LogP) is 5.59. The number of nitrogens with one attached hydrogen (secondary N) is 1. The molecular formula is C25H34N4O2. The average molecular weight is 423 g/mol. The Bertz CT molecular complexity index is 951. The summed E-state index contributed by atoms with van der Waals surface area (Å²) in [5, 5.41) is 19.1. The molecule has 2 N–H and O–H groups in total. The van der Waals surface area contributed by atoms with Gasteiger partial charge in [0.2, 0.25) is 5.91 Å². The van der Waals surface area contributed by atoms with Gasteiger partial charge in [0.25, 0.3) is 0 Å². The second-order valence-corrected chi connectivity index (χ2v) is 7.23. The van der Waals surface area contributed by atoms with Crippen molar-refractivity contribution >= 4 is 22.5 Å². The van der Waals surface area contributed by atoms with Crippen LogP contribution < -0.4 is 0 Å². The number of aliphatic hydroxyl groups excluding tert-OH is 1. The number of nitrogens with zero attached hydrogens (tertiary/aromatic N) is 3. The summed E-state index contributed by atoms with van der Waals surface area (Å²) >= 11 is 0. The minimum Gasteiger partial charge on any atom is -0.507 e. The van der Waals surface area contributed by atoms with Gasteiger partial charge in [0, 0.05) is 30.2 Å². The summed E-state index contributed by atoms with van der Waals surface area (Å²) < 4.78 is 0. The largest absolute Gasteiger partial charge is 0.507 e. The number of rotatable bonds is 5. The van der Waals surface area contributed by atoms with Crippen LogP contribution in [0.2, 0.25) is 0 Å². The lowest BCUT2D eigenvalue weighted by atomic mass is 9.85. The van der Waals surface area contributed by atoms with Crippen molar-refractivity contribution in [2.75, 3.05) is 13.1 Å². The number of fused-ring (bicyclic) bond motifs is 1. The molecule has 0 radical (unpaired) electrons. The molecule has 0 aromatic carbocycles.